The van der Waals surface area contributed by atoms with E-state index in [-0.39, 0.29) is 52.0 Å². The standard InChI is InChI=1S/C60H76FN9O7/c61-51-18-15-40(33-52-48-13-4-5-14-49(48)57(74)65-64-52)32-50(51)58(75)69-30-28-67(29-31-69)54(72)37-66-24-19-45(20-25-66)60(38-77-39-60)46-21-26-68(27-22-46)59(76)55(41-8-2-1-3-9-41)63-56(73)43-11-6-10-42(34-43)44-12-7-23-70(36-44)53(71)35-62-47-16-17-47/h4-6,10-11,13-15,18,32,34,41,44-47,55,62H,1-3,7-9,12,16-17,19-31,33,35-39H2,(H,63,73)(H,65,74)/t44-,55+/m0/s1. The zero-order valence-electron chi connectivity index (χ0n) is 44.5. The summed E-state index contributed by atoms with van der Waals surface area (Å²) >= 11 is 0. The van der Waals surface area contributed by atoms with Gasteiger partial charge in [0.2, 0.25) is 17.7 Å². The van der Waals surface area contributed by atoms with Gasteiger partial charge in [-0.1, -0.05) is 55.7 Å². The molecule has 7 aliphatic rings. The van der Waals surface area contributed by atoms with Crippen molar-refractivity contribution in [3.05, 3.63) is 111 Å². The lowest BCUT2D eigenvalue weighted by Gasteiger charge is -2.56. The highest BCUT2D eigenvalue weighted by molar-refractivity contribution is 5.98. The Morgan fingerprint density at radius 3 is 2.13 bits per heavy atom. The first-order valence-corrected chi connectivity index (χ1v) is 28.8. The van der Waals surface area contributed by atoms with E-state index in [1.165, 1.54) is 6.07 Å². The van der Waals surface area contributed by atoms with E-state index in [4.69, 9.17) is 4.74 Å². The van der Waals surface area contributed by atoms with Crippen LogP contribution in [-0.2, 0) is 25.5 Å². The summed E-state index contributed by atoms with van der Waals surface area (Å²) in [6, 6.07) is 19.4. The highest BCUT2D eigenvalue weighted by atomic mass is 19.1. The normalized spacial score (nSPS) is 22.4. The van der Waals surface area contributed by atoms with E-state index in [1.807, 2.05) is 45.0 Å². The van der Waals surface area contributed by atoms with Crippen LogP contribution in [0, 0.1) is 29.0 Å². The Labute approximate surface area is 450 Å². The van der Waals surface area contributed by atoms with Gasteiger partial charge in [-0.2, -0.15) is 5.10 Å². The number of hydrogen-bond acceptors (Lipinski definition) is 10. The molecule has 17 heteroatoms. The summed E-state index contributed by atoms with van der Waals surface area (Å²) in [7, 11) is 0. The Balaban J connectivity index is 0.644. The molecule has 3 N–H and O–H groups in total. The fourth-order valence-electron chi connectivity index (χ4n) is 13.8. The predicted octanol–water partition coefficient (Wildman–Crippen LogP) is 5.74. The monoisotopic (exact) mass is 1050 g/mol. The van der Waals surface area contributed by atoms with Gasteiger partial charge in [-0.05, 0) is 137 Å². The van der Waals surface area contributed by atoms with Crippen molar-refractivity contribution in [1.29, 1.82) is 0 Å². The van der Waals surface area contributed by atoms with Gasteiger partial charge in [0.25, 0.3) is 17.4 Å². The number of aromatic nitrogens is 2. The van der Waals surface area contributed by atoms with Gasteiger partial charge in [-0.3, -0.25) is 33.7 Å². The van der Waals surface area contributed by atoms with Crippen molar-refractivity contribution in [1.82, 2.24) is 45.3 Å². The van der Waals surface area contributed by atoms with Gasteiger partial charge in [0.1, 0.15) is 11.9 Å². The number of rotatable bonds is 15. The lowest BCUT2D eigenvalue weighted by Crippen LogP contribution is -2.60. The highest BCUT2D eigenvalue weighted by Crippen LogP contribution is 2.51. The van der Waals surface area contributed by atoms with Gasteiger partial charge in [0, 0.05) is 87.1 Å². The molecule has 410 valence electrons. The Hall–Kier alpha value is -6.04. The number of carbonyl (C=O) groups is 5. The summed E-state index contributed by atoms with van der Waals surface area (Å²) in [5, 5.41) is 14.6. The summed E-state index contributed by atoms with van der Waals surface area (Å²) in [6.45, 7) is 7.90. The molecule has 0 unspecified atom stereocenters. The zero-order valence-corrected chi connectivity index (χ0v) is 44.5. The third-order valence-corrected chi connectivity index (χ3v) is 18.6. The lowest BCUT2D eigenvalue weighted by molar-refractivity contribution is -0.195. The number of aromatic amines is 1. The molecule has 2 aliphatic carbocycles. The molecule has 1 aromatic heterocycles. The first kappa shape index (κ1) is 53.0. The minimum atomic E-state index is -0.606. The summed E-state index contributed by atoms with van der Waals surface area (Å²) in [4.78, 5) is 91.2. The summed E-state index contributed by atoms with van der Waals surface area (Å²) < 4.78 is 21.2. The van der Waals surface area contributed by atoms with Crippen molar-refractivity contribution < 1.29 is 33.1 Å². The van der Waals surface area contributed by atoms with Gasteiger partial charge in [-0.25, -0.2) is 9.49 Å². The van der Waals surface area contributed by atoms with Crippen molar-refractivity contribution in [3.63, 3.8) is 0 Å². The molecule has 11 rings (SSSR count). The van der Waals surface area contributed by atoms with Crippen LogP contribution in [0.4, 0.5) is 4.39 Å². The van der Waals surface area contributed by atoms with E-state index in [2.05, 4.69) is 31.8 Å². The van der Waals surface area contributed by atoms with Gasteiger partial charge in [0.15, 0.2) is 0 Å². The Morgan fingerprint density at radius 2 is 1.42 bits per heavy atom. The topological polar surface area (TPSA) is 181 Å². The smallest absolute Gasteiger partial charge is 0.272 e. The fraction of sp³-hybridized carbons (Fsp3) is 0.583. The van der Waals surface area contributed by atoms with Crippen molar-refractivity contribution >= 4 is 40.3 Å². The van der Waals surface area contributed by atoms with Gasteiger partial charge < -0.3 is 35.0 Å². The molecule has 7 fully saturated rings. The number of amides is 5. The predicted molar refractivity (Wildman–Crippen MR) is 290 cm³/mol. The van der Waals surface area contributed by atoms with Crippen molar-refractivity contribution in [2.24, 2.45) is 23.2 Å². The molecule has 77 heavy (non-hydrogen) atoms. The van der Waals surface area contributed by atoms with Crippen LogP contribution in [0.5, 0.6) is 0 Å². The van der Waals surface area contributed by atoms with Crippen LogP contribution in [0.25, 0.3) is 10.8 Å². The number of likely N-dealkylation sites (tertiary alicyclic amines) is 3. The third-order valence-electron chi connectivity index (χ3n) is 18.6. The molecule has 6 heterocycles. The molecule has 5 saturated heterocycles. The number of ether oxygens (including phenoxy) is 1. The second kappa shape index (κ2) is 23.5. The summed E-state index contributed by atoms with van der Waals surface area (Å²) in [5.41, 5.74) is 2.70. The van der Waals surface area contributed by atoms with E-state index >= 15 is 4.39 Å². The minimum absolute atomic E-state index is 0.0230. The van der Waals surface area contributed by atoms with Crippen LogP contribution in [0.15, 0.2) is 71.5 Å². The fourth-order valence-corrected chi connectivity index (χ4v) is 13.8. The van der Waals surface area contributed by atoms with Crippen LogP contribution < -0.4 is 16.2 Å². The molecule has 2 atom stereocenters. The second-order valence-corrected chi connectivity index (χ2v) is 23.4. The average molecular weight is 1050 g/mol. The number of fused-ring (bicyclic) bond motifs is 1. The molecule has 0 radical (unpaired) electrons. The lowest BCUT2D eigenvalue weighted by atomic mass is 9.59. The number of benzene rings is 3. The second-order valence-electron chi connectivity index (χ2n) is 23.4. The molecular formula is C60H76FN9O7. The highest BCUT2D eigenvalue weighted by Gasteiger charge is 2.52. The number of halogens is 1. The summed E-state index contributed by atoms with van der Waals surface area (Å²) in [5.74, 6) is 0.143. The maximum Gasteiger partial charge on any atom is 0.272 e. The molecule has 2 saturated carbocycles. The maximum absolute atomic E-state index is 15.2. The van der Waals surface area contributed by atoms with Crippen molar-refractivity contribution in [2.45, 2.75) is 108 Å². The molecule has 3 aromatic carbocycles. The van der Waals surface area contributed by atoms with Crippen LogP contribution in [0.3, 0.4) is 0 Å². The van der Waals surface area contributed by atoms with Gasteiger partial charge in [0.05, 0.1) is 42.9 Å². The molecule has 5 amide bonds. The first-order valence-electron chi connectivity index (χ1n) is 28.8. The van der Waals surface area contributed by atoms with Crippen LogP contribution in [0.2, 0.25) is 0 Å². The molecular weight excluding hydrogens is 978 g/mol. The SMILES string of the molecule is O=C(N[C@@H](C(=O)N1CCC(C2(C3CCN(CC(=O)N4CCN(C(=O)c5cc(Cc6n[nH]c(=O)c7ccccc67)ccc5F)CC4)CC3)COC2)CC1)C1CCCCC1)c1cccc([C@H]2CCCN(C(=O)CNC3CC3)C2)c1. The maximum atomic E-state index is 15.2. The zero-order chi connectivity index (χ0) is 53.0. The van der Waals surface area contributed by atoms with E-state index in [0.717, 1.165) is 122 Å². The Kier molecular flexibility index (Phi) is 16.2. The minimum Gasteiger partial charge on any atom is -0.380 e. The first-order chi connectivity index (χ1) is 37.5. The molecule has 5 aliphatic heterocycles. The number of carbonyl (C=O) groups excluding carboxylic acids is 5. The van der Waals surface area contributed by atoms with E-state index < -0.39 is 17.8 Å². The van der Waals surface area contributed by atoms with E-state index in [0.29, 0.717) is 111 Å². The number of nitrogens with zero attached hydrogens (tertiary/aromatic N) is 6. The van der Waals surface area contributed by atoms with E-state index in [1.54, 1.807) is 29.2 Å². The van der Waals surface area contributed by atoms with Crippen LogP contribution in [0.1, 0.15) is 127 Å². The quantitative estimate of drug-likeness (QED) is 0.133. The number of piperazine rings is 1. The number of nitrogens with one attached hydrogen (secondary N) is 3. The number of hydrogen-bond donors (Lipinski definition) is 3. The van der Waals surface area contributed by atoms with Crippen molar-refractivity contribution in [2.75, 3.05) is 91.8 Å². The average Bonchev–Trinajstić information content (AvgIpc) is 4.31. The Morgan fingerprint density at radius 1 is 0.701 bits per heavy atom. The molecule has 16 nitrogen and oxygen atoms in total. The van der Waals surface area contributed by atoms with Crippen LogP contribution in [-0.4, -0.2) is 168 Å². The summed E-state index contributed by atoms with van der Waals surface area (Å²) in [6.07, 6.45) is 13.4. The van der Waals surface area contributed by atoms with Crippen LogP contribution >= 0.6 is 0 Å². The largest absolute Gasteiger partial charge is 0.380 e. The Bertz CT molecular complexity index is 2860. The molecule has 4 aromatic rings. The number of piperidine rings is 3. The van der Waals surface area contributed by atoms with Crippen molar-refractivity contribution in [3.8, 4) is 0 Å². The van der Waals surface area contributed by atoms with Gasteiger partial charge >= 0.3 is 0 Å². The number of H-pyrrole nitrogens is 1. The van der Waals surface area contributed by atoms with E-state index in [9.17, 15) is 28.8 Å². The van der Waals surface area contributed by atoms with Gasteiger partial charge in [-0.15, -0.1) is 0 Å². The molecule has 0 bridgehead atoms. The molecule has 0 spiro atoms. The third kappa shape index (κ3) is 11.9.